The zero-order valence-electron chi connectivity index (χ0n) is 8.88. The number of anilines is 2. The number of aromatic nitrogens is 3. The Labute approximate surface area is 91.1 Å². The van der Waals surface area contributed by atoms with Crippen LogP contribution in [-0.2, 0) is 0 Å². The van der Waals surface area contributed by atoms with Gasteiger partial charge in [0.15, 0.2) is 11.3 Å². The molecule has 2 aromatic heterocycles. The van der Waals surface area contributed by atoms with Crippen LogP contribution in [0.2, 0.25) is 0 Å². The largest absolute Gasteiger partial charge is 0.476 e. The molecule has 2 aromatic rings. The van der Waals surface area contributed by atoms with E-state index in [1.165, 1.54) is 4.52 Å². The summed E-state index contributed by atoms with van der Waals surface area (Å²) in [4.78, 5) is 16.8. The van der Waals surface area contributed by atoms with Crippen LogP contribution in [0.5, 0.6) is 0 Å². The van der Waals surface area contributed by atoms with Crippen LogP contribution in [0.4, 0.5) is 11.6 Å². The second-order valence-electron chi connectivity index (χ2n) is 3.51. The molecule has 3 N–H and O–H groups in total. The minimum absolute atomic E-state index is 0.0479. The second-order valence-corrected chi connectivity index (χ2v) is 3.51. The number of fused-ring (bicyclic) bond motifs is 1. The molecule has 0 aliphatic rings. The summed E-state index contributed by atoms with van der Waals surface area (Å²) in [7, 11) is 3.52. The summed E-state index contributed by atoms with van der Waals surface area (Å²) >= 11 is 0. The van der Waals surface area contributed by atoms with Gasteiger partial charge in [-0.3, -0.25) is 0 Å². The summed E-state index contributed by atoms with van der Waals surface area (Å²) in [6, 6.07) is 3.35. The lowest BCUT2D eigenvalue weighted by atomic mass is 10.2. The van der Waals surface area contributed by atoms with Crippen LogP contribution in [-0.4, -0.2) is 39.8 Å². The molecule has 84 valence electrons. The molecular weight excluding hydrogens is 210 g/mol. The number of pyridine rings is 1. The third-order valence-electron chi connectivity index (χ3n) is 2.18. The number of hydrogen-bond acceptors (Lipinski definition) is 5. The van der Waals surface area contributed by atoms with Crippen LogP contribution in [0.1, 0.15) is 10.5 Å². The van der Waals surface area contributed by atoms with Crippen LogP contribution in [0, 0.1) is 0 Å². The molecule has 0 aliphatic carbocycles. The van der Waals surface area contributed by atoms with Crippen LogP contribution >= 0.6 is 0 Å². The highest BCUT2D eigenvalue weighted by Gasteiger charge is 2.18. The molecular formula is C9H11N5O2. The summed E-state index contributed by atoms with van der Waals surface area (Å²) in [5.74, 6) is -1.02. The number of nitrogen functional groups attached to an aromatic ring is 1. The van der Waals surface area contributed by atoms with E-state index in [1.54, 1.807) is 31.1 Å². The van der Waals surface area contributed by atoms with Gasteiger partial charge in [-0.25, -0.2) is 9.31 Å². The Balaban J connectivity index is 2.83. The van der Waals surface area contributed by atoms with E-state index in [0.29, 0.717) is 11.3 Å². The van der Waals surface area contributed by atoms with Crippen molar-refractivity contribution in [3.63, 3.8) is 0 Å². The van der Waals surface area contributed by atoms with E-state index in [0.717, 1.165) is 0 Å². The van der Waals surface area contributed by atoms with Gasteiger partial charge in [-0.15, -0.1) is 5.10 Å². The van der Waals surface area contributed by atoms with Crippen LogP contribution in [0.15, 0.2) is 12.1 Å². The molecule has 0 radical (unpaired) electrons. The van der Waals surface area contributed by atoms with Crippen molar-refractivity contribution in [1.82, 2.24) is 14.6 Å². The summed E-state index contributed by atoms with van der Waals surface area (Å²) in [6.45, 7) is 0. The average molecular weight is 221 g/mol. The lowest BCUT2D eigenvalue weighted by Gasteiger charge is -2.15. The lowest BCUT2D eigenvalue weighted by molar-refractivity contribution is 0.0688. The summed E-state index contributed by atoms with van der Waals surface area (Å²) < 4.78 is 1.23. The Hall–Kier alpha value is -2.31. The number of aromatic carboxylic acids is 1. The molecule has 0 atom stereocenters. The molecule has 0 bridgehead atoms. The SMILES string of the molecule is CN(C)c1ccc2nc(N)nn2c1C(=O)O. The molecule has 0 unspecified atom stereocenters. The van der Waals surface area contributed by atoms with E-state index >= 15 is 0 Å². The number of carboxylic acid groups (broad SMARTS) is 1. The molecule has 0 aliphatic heterocycles. The van der Waals surface area contributed by atoms with Crippen molar-refractivity contribution < 1.29 is 9.90 Å². The van der Waals surface area contributed by atoms with E-state index in [-0.39, 0.29) is 11.6 Å². The summed E-state index contributed by atoms with van der Waals surface area (Å²) in [5, 5.41) is 13.0. The predicted molar refractivity (Wildman–Crippen MR) is 58.7 cm³/mol. The molecule has 0 amide bonds. The van der Waals surface area contributed by atoms with Gasteiger partial charge in [0.05, 0.1) is 5.69 Å². The van der Waals surface area contributed by atoms with Crippen molar-refractivity contribution in [1.29, 1.82) is 0 Å². The van der Waals surface area contributed by atoms with E-state index in [4.69, 9.17) is 10.8 Å². The van der Waals surface area contributed by atoms with Gasteiger partial charge in [-0.05, 0) is 12.1 Å². The van der Waals surface area contributed by atoms with Gasteiger partial charge >= 0.3 is 5.97 Å². The number of nitrogens with zero attached hydrogens (tertiary/aromatic N) is 4. The Kier molecular flexibility index (Phi) is 2.15. The third kappa shape index (κ3) is 1.42. The average Bonchev–Trinajstić information content (AvgIpc) is 2.55. The zero-order chi connectivity index (χ0) is 11.9. The Morgan fingerprint density at radius 2 is 2.19 bits per heavy atom. The number of rotatable bonds is 2. The lowest BCUT2D eigenvalue weighted by Crippen LogP contribution is -2.17. The molecule has 0 spiro atoms. The Morgan fingerprint density at radius 3 is 2.75 bits per heavy atom. The molecule has 16 heavy (non-hydrogen) atoms. The highest BCUT2D eigenvalue weighted by Crippen LogP contribution is 2.20. The first-order chi connectivity index (χ1) is 7.50. The minimum Gasteiger partial charge on any atom is -0.476 e. The number of carbonyl (C=O) groups is 1. The van der Waals surface area contributed by atoms with Gasteiger partial charge in [0.25, 0.3) is 0 Å². The molecule has 7 nitrogen and oxygen atoms in total. The maximum Gasteiger partial charge on any atom is 0.356 e. The van der Waals surface area contributed by atoms with Crippen molar-refractivity contribution in [3.05, 3.63) is 17.8 Å². The molecule has 2 heterocycles. The number of carboxylic acids is 1. The molecule has 7 heteroatoms. The first-order valence-electron chi connectivity index (χ1n) is 4.56. The highest BCUT2D eigenvalue weighted by molar-refractivity contribution is 5.93. The highest BCUT2D eigenvalue weighted by atomic mass is 16.4. The third-order valence-corrected chi connectivity index (χ3v) is 2.18. The van der Waals surface area contributed by atoms with Crippen LogP contribution < -0.4 is 10.6 Å². The fourth-order valence-corrected chi connectivity index (χ4v) is 1.52. The summed E-state index contributed by atoms with van der Waals surface area (Å²) in [5.41, 5.74) is 6.45. The maximum absolute atomic E-state index is 11.2. The van der Waals surface area contributed by atoms with E-state index in [9.17, 15) is 4.79 Å². The van der Waals surface area contributed by atoms with Crippen LogP contribution in [0.25, 0.3) is 5.65 Å². The number of nitrogens with two attached hydrogens (primary N) is 1. The van der Waals surface area contributed by atoms with Gasteiger partial charge in [-0.2, -0.15) is 4.98 Å². The van der Waals surface area contributed by atoms with E-state index in [1.807, 2.05) is 0 Å². The van der Waals surface area contributed by atoms with E-state index < -0.39 is 5.97 Å². The quantitative estimate of drug-likeness (QED) is 0.745. The van der Waals surface area contributed by atoms with Gasteiger partial charge in [-0.1, -0.05) is 0 Å². The maximum atomic E-state index is 11.2. The smallest absolute Gasteiger partial charge is 0.356 e. The van der Waals surface area contributed by atoms with Gasteiger partial charge in [0, 0.05) is 14.1 Å². The van der Waals surface area contributed by atoms with Crippen molar-refractivity contribution in [3.8, 4) is 0 Å². The molecule has 2 rings (SSSR count). The predicted octanol–water partition coefficient (Wildman–Crippen LogP) is 0.0757. The minimum atomic E-state index is -1.07. The van der Waals surface area contributed by atoms with Crippen molar-refractivity contribution in [2.45, 2.75) is 0 Å². The Bertz CT molecular complexity index is 560. The molecule has 0 aromatic carbocycles. The summed E-state index contributed by atoms with van der Waals surface area (Å²) in [6.07, 6.45) is 0. The Morgan fingerprint density at radius 1 is 1.50 bits per heavy atom. The van der Waals surface area contributed by atoms with Gasteiger partial charge in [0.2, 0.25) is 5.95 Å². The van der Waals surface area contributed by atoms with Crippen LogP contribution in [0.3, 0.4) is 0 Å². The molecule has 0 saturated heterocycles. The van der Waals surface area contributed by atoms with Crippen molar-refractivity contribution >= 4 is 23.3 Å². The van der Waals surface area contributed by atoms with Crippen molar-refractivity contribution in [2.24, 2.45) is 0 Å². The van der Waals surface area contributed by atoms with E-state index in [2.05, 4.69) is 10.1 Å². The first kappa shape index (κ1) is 10.2. The second kappa shape index (κ2) is 3.37. The topological polar surface area (TPSA) is 96.8 Å². The van der Waals surface area contributed by atoms with Crippen molar-refractivity contribution in [2.75, 3.05) is 24.7 Å². The fourth-order valence-electron chi connectivity index (χ4n) is 1.52. The number of hydrogen-bond donors (Lipinski definition) is 2. The first-order valence-corrected chi connectivity index (χ1v) is 4.56. The zero-order valence-corrected chi connectivity index (χ0v) is 8.88. The molecule has 0 saturated carbocycles. The monoisotopic (exact) mass is 221 g/mol. The van der Waals surface area contributed by atoms with Gasteiger partial charge < -0.3 is 15.7 Å². The standard InChI is InChI=1S/C9H11N5O2/c1-13(2)5-3-4-6-11-9(10)12-14(6)7(5)8(15)16/h3-4H,1-2H3,(H2,10,12)(H,15,16). The normalized spacial score (nSPS) is 10.6. The molecule has 0 fully saturated rings. The van der Waals surface area contributed by atoms with Gasteiger partial charge in [0.1, 0.15) is 0 Å². The fraction of sp³-hybridized carbons (Fsp3) is 0.222.